The van der Waals surface area contributed by atoms with Crippen molar-refractivity contribution >= 4 is 24.2 Å². The Morgan fingerprint density at radius 3 is 2.32 bits per heavy atom. The van der Waals surface area contributed by atoms with Crippen LogP contribution in [0, 0.1) is 5.92 Å². The van der Waals surface area contributed by atoms with Crippen molar-refractivity contribution in [3.63, 3.8) is 0 Å². The zero-order valence-electron chi connectivity index (χ0n) is 15.8. The normalized spacial score (nSPS) is 20.6. The lowest BCUT2D eigenvalue weighted by Crippen LogP contribution is -2.51. The average molecular weight is 375 g/mol. The summed E-state index contributed by atoms with van der Waals surface area (Å²) in [4.78, 5) is 28.7. The van der Waals surface area contributed by atoms with E-state index in [-0.39, 0.29) is 24.2 Å². The van der Waals surface area contributed by atoms with Gasteiger partial charge in [-0.2, -0.15) is 0 Å². The monoisotopic (exact) mass is 374 g/mol. The number of halogens is 1. The van der Waals surface area contributed by atoms with Gasteiger partial charge in [0.15, 0.2) is 0 Å². The molecule has 2 N–H and O–H groups in total. The highest BCUT2D eigenvalue weighted by Gasteiger charge is 2.25. The highest BCUT2D eigenvalue weighted by atomic mass is 35.5. The van der Waals surface area contributed by atoms with Crippen molar-refractivity contribution in [3.05, 3.63) is 0 Å². The van der Waals surface area contributed by atoms with Gasteiger partial charge in [0.1, 0.15) is 6.04 Å². The molecule has 0 radical (unpaired) electrons. The van der Waals surface area contributed by atoms with Crippen LogP contribution in [0.5, 0.6) is 0 Å². The molecule has 0 aliphatic carbocycles. The first-order valence-electron chi connectivity index (χ1n) is 9.55. The molecule has 1 unspecified atom stereocenters. The highest BCUT2D eigenvalue weighted by molar-refractivity contribution is 5.88. The Kier molecular flexibility index (Phi) is 10.4. The van der Waals surface area contributed by atoms with Crippen LogP contribution in [0.3, 0.4) is 0 Å². The summed E-state index contributed by atoms with van der Waals surface area (Å²) in [5, 5.41) is 6.09. The van der Waals surface area contributed by atoms with Crippen LogP contribution in [-0.4, -0.2) is 74.0 Å². The third-order valence-electron chi connectivity index (χ3n) is 5.29. The van der Waals surface area contributed by atoms with Crippen LogP contribution >= 0.6 is 12.4 Å². The van der Waals surface area contributed by atoms with Crippen LogP contribution in [0.25, 0.3) is 0 Å². The number of amides is 2. The fourth-order valence-corrected chi connectivity index (χ4v) is 3.72. The third-order valence-corrected chi connectivity index (χ3v) is 5.29. The molecule has 0 bridgehead atoms. The molecule has 0 aromatic carbocycles. The fraction of sp³-hybridized carbons (Fsp3) is 0.889. The summed E-state index contributed by atoms with van der Waals surface area (Å²) in [5.41, 5.74) is 0. The van der Waals surface area contributed by atoms with E-state index in [1.54, 1.807) is 6.92 Å². The number of piperidine rings is 2. The van der Waals surface area contributed by atoms with Gasteiger partial charge >= 0.3 is 0 Å². The Balaban J connectivity index is 0.00000312. The summed E-state index contributed by atoms with van der Waals surface area (Å²) in [5.74, 6) is 0.812. The second kappa shape index (κ2) is 11.7. The van der Waals surface area contributed by atoms with Gasteiger partial charge in [-0.15, -0.1) is 12.4 Å². The number of carbonyl (C=O) groups is 2. The van der Waals surface area contributed by atoms with Gasteiger partial charge in [0, 0.05) is 13.1 Å². The summed E-state index contributed by atoms with van der Waals surface area (Å²) in [6.45, 7) is 6.92. The smallest absolute Gasteiger partial charge is 0.244 e. The minimum absolute atomic E-state index is 0. The summed E-state index contributed by atoms with van der Waals surface area (Å²) < 4.78 is 0. The molecule has 0 aromatic heterocycles. The molecule has 0 aromatic rings. The van der Waals surface area contributed by atoms with E-state index >= 15 is 0 Å². The van der Waals surface area contributed by atoms with Crippen molar-refractivity contribution in [1.29, 1.82) is 0 Å². The van der Waals surface area contributed by atoms with Gasteiger partial charge < -0.3 is 15.5 Å². The highest BCUT2D eigenvalue weighted by Crippen LogP contribution is 2.19. The maximum absolute atomic E-state index is 12.4. The van der Waals surface area contributed by atoms with E-state index in [0.29, 0.717) is 6.54 Å². The maximum atomic E-state index is 12.4. The molecule has 0 spiro atoms. The lowest BCUT2D eigenvalue weighted by molar-refractivity contribution is -0.137. The number of carbonyl (C=O) groups excluding carboxylic acids is 2. The Morgan fingerprint density at radius 2 is 1.72 bits per heavy atom. The van der Waals surface area contributed by atoms with E-state index in [0.717, 1.165) is 64.3 Å². The molecule has 7 heteroatoms. The predicted octanol–water partition coefficient (Wildman–Crippen LogP) is 1.25. The number of hydrogen-bond acceptors (Lipinski definition) is 4. The Labute approximate surface area is 158 Å². The predicted molar refractivity (Wildman–Crippen MR) is 103 cm³/mol. The molecule has 2 fully saturated rings. The van der Waals surface area contributed by atoms with E-state index in [9.17, 15) is 9.59 Å². The molecule has 146 valence electrons. The molecule has 2 aliphatic rings. The van der Waals surface area contributed by atoms with Gasteiger partial charge in [-0.05, 0) is 78.0 Å². The summed E-state index contributed by atoms with van der Waals surface area (Å²) >= 11 is 0. The molecule has 2 saturated heterocycles. The number of rotatable bonds is 7. The van der Waals surface area contributed by atoms with Gasteiger partial charge in [0.05, 0.1) is 6.54 Å². The van der Waals surface area contributed by atoms with Crippen LogP contribution in [0.15, 0.2) is 0 Å². The minimum Gasteiger partial charge on any atom is -0.343 e. The van der Waals surface area contributed by atoms with Crippen molar-refractivity contribution < 1.29 is 9.59 Å². The number of nitrogens with one attached hydrogen (secondary N) is 2. The van der Waals surface area contributed by atoms with E-state index in [1.165, 1.54) is 12.8 Å². The van der Waals surface area contributed by atoms with Crippen LogP contribution < -0.4 is 10.6 Å². The van der Waals surface area contributed by atoms with Gasteiger partial charge in [0.25, 0.3) is 0 Å². The van der Waals surface area contributed by atoms with Gasteiger partial charge in [-0.3, -0.25) is 14.5 Å². The Bertz CT molecular complexity index is 408. The standard InChI is InChI=1S/C18H34N4O2.ClH/c1-15(18(24)22-10-4-3-5-11-22)20-17(23)14-21-12-7-16(8-13-21)6-9-19-2;/h15-16,19H,3-14H2,1-2H3,(H,20,23);1H. The van der Waals surface area contributed by atoms with Crippen molar-refractivity contribution in [3.8, 4) is 0 Å². The van der Waals surface area contributed by atoms with Gasteiger partial charge in [0.2, 0.25) is 11.8 Å². The quantitative estimate of drug-likeness (QED) is 0.703. The minimum atomic E-state index is -0.413. The first-order valence-corrected chi connectivity index (χ1v) is 9.55. The first-order chi connectivity index (χ1) is 11.6. The van der Waals surface area contributed by atoms with E-state index in [4.69, 9.17) is 0 Å². The largest absolute Gasteiger partial charge is 0.343 e. The SMILES string of the molecule is CNCCC1CCN(CC(=O)NC(C)C(=O)N2CCCCC2)CC1.Cl. The number of likely N-dealkylation sites (tertiary alicyclic amines) is 2. The second-order valence-corrected chi connectivity index (χ2v) is 7.29. The first kappa shape index (κ1) is 22.2. The van der Waals surface area contributed by atoms with Crippen LogP contribution in [-0.2, 0) is 9.59 Å². The molecule has 2 heterocycles. The van der Waals surface area contributed by atoms with Crippen molar-refractivity contribution in [2.75, 3.05) is 46.3 Å². The lowest BCUT2D eigenvalue weighted by atomic mass is 9.93. The van der Waals surface area contributed by atoms with E-state index < -0.39 is 6.04 Å². The molecule has 25 heavy (non-hydrogen) atoms. The van der Waals surface area contributed by atoms with Gasteiger partial charge in [-0.25, -0.2) is 0 Å². The molecule has 2 aliphatic heterocycles. The van der Waals surface area contributed by atoms with Crippen molar-refractivity contribution in [2.24, 2.45) is 5.92 Å². The Morgan fingerprint density at radius 1 is 1.08 bits per heavy atom. The van der Waals surface area contributed by atoms with Gasteiger partial charge in [-0.1, -0.05) is 0 Å². The zero-order valence-corrected chi connectivity index (χ0v) is 16.6. The molecule has 1 atom stereocenters. The second-order valence-electron chi connectivity index (χ2n) is 7.29. The fourth-order valence-electron chi connectivity index (χ4n) is 3.72. The van der Waals surface area contributed by atoms with E-state index in [2.05, 4.69) is 15.5 Å². The maximum Gasteiger partial charge on any atom is 0.244 e. The number of hydrogen-bond donors (Lipinski definition) is 2. The lowest BCUT2D eigenvalue weighted by Gasteiger charge is -2.32. The van der Waals surface area contributed by atoms with Crippen molar-refractivity contribution in [2.45, 2.75) is 51.5 Å². The molecular formula is C18H35ClN4O2. The molecule has 0 saturated carbocycles. The van der Waals surface area contributed by atoms with Crippen LogP contribution in [0.4, 0.5) is 0 Å². The van der Waals surface area contributed by atoms with Crippen LogP contribution in [0.1, 0.15) is 45.4 Å². The van der Waals surface area contributed by atoms with Crippen LogP contribution in [0.2, 0.25) is 0 Å². The Hall–Kier alpha value is -0.850. The van der Waals surface area contributed by atoms with E-state index in [1.807, 2.05) is 11.9 Å². The summed E-state index contributed by atoms with van der Waals surface area (Å²) in [6, 6.07) is -0.413. The van der Waals surface area contributed by atoms with Crippen molar-refractivity contribution in [1.82, 2.24) is 20.4 Å². The molecule has 2 rings (SSSR count). The zero-order chi connectivity index (χ0) is 17.4. The number of nitrogens with zero attached hydrogens (tertiary/aromatic N) is 2. The summed E-state index contributed by atoms with van der Waals surface area (Å²) in [6.07, 6.45) is 6.91. The molecule has 2 amide bonds. The average Bonchev–Trinajstić information content (AvgIpc) is 2.61. The molecule has 6 nitrogen and oxygen atoms in total. The summed E-state index contributed by atoms with van der Waals surface area (Å²) in [7, 11) is 1.99. The topological polar surface area (TPSA) is 64.7 Å². The third kappa shape index (κ3) is 7.50. The molecular weight excluding hydrogens is 340 g/mol.